The van der Waals surface area contributed by atoms with Crippen LogP contribution in [-0.2, 0) is 0 Å². The van der Waals surface area contributed by atoms with Crippen LogP contribution in [0.3, 0.4) is 0 Å². The number of rotatable bonds is 2. The Kier molecular flexibility index (Phi) is 2.28. The Morgan fingerprint density at radius 3 is 2.86 bits per heavy atom. The Labute approximate surface area is 84.7 Å². The minimum absolute atomic E-state index is 0.351. The number of nitrogens with zero attached hydrogens (tertiary/aromatic N) is 1. The van der Waals surface area contributed by atoms with Gasteiger partial charge >= 0.3 is 5.97 Å². The summed E-state index contributed by atoms with van der Waals surface area (Å²) in [5.74, 6) is -0.884. The number of aromatic nitrogens is 1. The van der Waals surface area contributed by atoms with E-state index in [0.717, 1.165) is 11.1 Å². The molecule has 0 amide bonds. The first kappa shape index (κ1) is 8.90. The van der Waals surface area contributed by atoms with Crippen LogP contribution in [0, 0.1) is 0 Å². The molecule has 0 aliphatic heterocycles. The molecule has 0 bridgehead atoms. The van der Waals surface area contributed by atoms with Crippen LogP contribution in [0.5, 0.6) is 0 Å². The van der Waals surface area contributed by atoms with Crippen LogP contribution in [0.25, 0.3) is 11.1 Å². The first-order chi connectivity index (χ1) is 6.77. The van der Waals surface area contributed by atoms with Crippen molar-refractivity contribution >= 4 is 17.3 Å². The lowest BCUT2D eigenvalue weighted by atomic mass is 10.1. The Bertz CT molecular complexity index is 450. The lowest BCUT2D eigenvalue weighted by Gasteiger charge is -1.93. The van der Waals surface area contributed by atoms with Crippen LogP contribution in [0.2, 0.25) is 0 Å². The maximum Gasteiger partial charge on any atom is 0.345 e. The minimum Gasteiger partial charge on any atom is -0.477 e. The zero-order valence-corrected chi connectivity index (χ0v) is 7.99. The molecule has 14 heavy (non-hydrogen) atoms. The maximum absolute atomic E-state index is 10.6. The lowest BCUT2D eigenvalue weighted by molar-refractivity contribution is 0.0702. The third kappa shape index (κ3) is 1.65. The van der Waals surface area contributed by atoms with Crippen LogP contribution in [-0.4, -0.2) is 16.1 Å². The van der Waals surface area contributed by atoms with Gasteiger partial charge in [0.1, 0.15) is 4.88 Å². The summed E-state index contributed by atoms with van der Waals surface area (Å²) in [7, 11) is 0. The summed E-state index contributed by atoms with van der Waals surface area (Å²) in [5, 5.41) is 10.6. The summed E-state index contributed by atoms with van der Waals surface area (Å²) in [6, 6.07) is 5.39. The van der Waals surface area contributed by atoms with E-state index in [0.29, 0.717) is 4.88 Å². The van der Waals surface area contributed by atoms with E-state index in [1.165, 1.54) is 11.3 Å². The molecule has 0 radical (unpaired) electrons. The third-order valence-corrected chi connectivity index (χ3v) is 2.72. The Balaban J connectivity index is 2.39. The summed E-state index contributed by atoms with van der Waals surface area (Å²) in [6.07, 6.45) is 3.40. The summed E-state index contributed by atoms with van der Waals surface area (Å²) in [5.41, 5.74) is 1.84. The van der Waals surface area contributed by atoms with Crippen molar-refractivity contribution in [1.29, 1.82) is 0 Å². The zero-order chi connectivity index (χ0) is 9.97. The normalized spacial score (nSPS) is 10.0. The summed E-state index contributed by atoms with van der Waals surface area (Å²) >= 11 is 1.23. The number of aromatic carboxylic acids is 1. The van der Waals surface area contributed by atoms with E-state index in [-0.39, 0.29) is 0 Å². The monoisotopic (exact) mass is 205 g/mol. The molecular formula is C10H7NO2S. The molecule has 0 saturated carbocycles. The summed E-state index contributed by atoms with van der Waals surface area (Å²) in [6.45, 7) is 0. The molecule has 70 valence electrons. The van der Waals surface area contributed by atoms with E-state index in [2.05, 4.69) is 4.98 Å². The molecule has 0 fully saturated rings. The van der Waals surface area contributed by atoms with Crippen LogP contribution in [0.1, 0.15) is 9.67 Å². The molecular weight excluding hydrogens is 198 g/mol. The molecule has 2 rings (SSSR count). The van der Waals surface area contributed by atoms with Crippen molar-refractivity contribution in [2.75, 3.05) is 0 Å². The molecule has 4 heteroatoms. The second-order valence-corrected chi connectivity index (χ2v) is 3.66. The fraction of sp³-hybridized carbons (Fsp3) is 0. The van der Waals surface area contributed by atoms with Crippen molar-refractivity contribution in [3.05, 3.63) is 40.8 Å². The van der Waals surface area contributed by atoms with Crippen molar-refractivity contribution in [2.45, 2.75) is 0 Å². The first-order valence-electron chi connectivity index (χ1n) is 3.99. The number of thiophene rings is 1. The number of carbonyl (C=O) groups is 1. The molecule has 2 aromatic heterocycles. The number of hydrogen-bond donors (Lipinski definition) is 1. The topological polar surface area (TPSA) is 50.2 Å². The fourth-order valence-corrected chi connectivity index (χ4v) is 1.89. The molecule has 3 nitrogen and oxygen atoms in total. The Morgan fingerprint density at radius 2 is 2.29 bits per heavy atom. The molecule has 0 aromatic carbocycles. The van der Waals surface area contributed by atoms with E-state index in [1.54, 1.807) is 18.5 Å². The summed E-state index contributed by atoms with van der Waals surface area (Å²) < 4.78 is 0. The highest BCUT2D eigenvalue weighted by Crippen LogP contribution is 2.24. The molecule has 0 spiro atoms. The third-order valence-electron chi connectivity index (χ3n) is 1.81. The minimum atomic E-state index is -0.884. The first-order valence-corrected chi connectivity index (χ1v) is 4.87. The van der Waals surface area contributed by atoms with E-state index < -0.39 is 5.97 Å². The van der Waals surface area contributed by atoms with Crippen LogP contribution in [0.4, 0.5) is 0 Å². The van der Waals surface area contributed by atoms with Crippen molar-refractivity contribution in [3.8, 4) is 11.1 Å². The van der Waals surface area contributed by atoms with Gasteiger partial charge in [0.15, 0.2) is 0 Å². The second-order valence-electron chi connectivity index (χ2n) is 2.75. The van der Waals surface area contributed by atoms with E-state index in [9.17, 15) is 4.79 Å². The number of pyridine rings is 1. The van der Waals surface area contributed by atoms with Gasteiger partial charge in [0.05, 0.1) is 0 Å². The van der Waals surface area contributed by atoms with E-state index >= 15 is 0 Å². The van der Waals surface area contributed by atoms with Crippen LogP contribution >= 0.6 is 11.3 Å². The highest BCUT2D eigenvalue weighted by molar-refractivity contribution is 7.12. The predicted octanol–water partition coefficient (Wildman–Crippen LogP) is 2.51. The molecule has 0 aliphatic carbocycles. The highest BCUT2D eigenvalue weighted by Gasteiger charge is 2.07. The predicted molar refractivity (Wildman–Crippen MR) is 54.5 cm³/mol. The fourth-order valence-electron chi connectivity index (χ4n) is 1.13. The SMILES string of the molecule is O=C(O)c1cc(-c2cccnc2)cs1. The molecule has 0 unspecified atom stereocenters. The quantitative estimate of drug-likeness (QED) is 0.819. The molecule has 1 N–H and O–H groups in total. The Morgan fingerprint density at radius 1 is 1.43 bits per heavy atom. The van der Waals surface area contributed by atoms with Gasteiger partial charge in [-0.05, 0) is 23.1 Å². The lowest BCUT2D eigenvalue weighted by Crippen LogP contribution is -1.89. The molecule has 0 atom stereocenters. The van der Waals surface area contributed by atoms with Gasteiger partial charge in [-0.2, -0.15) is 0 Å². The van der Waals surface area contributed by atoms with Crippen LogP contribution < -0.4 is 0 Å². The van der Waals surface area contributed by atoms with Crippen molar-refractivity contribution < 1.29 is 9.90 Å². The summed E-state index contributed by atoms with van der Waals surface area (Å²) in [4.78, 5) is 15.0. The van der Waals surface area contributed by atoms with Crippen molar-refractivity contribution in [3.63, 3.8) is 0 Å². The molecule has 2 aromatic rings. The standard InChI is InChI=1S/C10H7NO2S/c12-10(13)9-4-8(6-14-9)7-2-1-3-11-5-7/h1-6H,(H,12,13). The Hall–Kier alpha value is -1.68. The van der Waals surface area contributed by atoms with Gasteiger partial charge in [-0.1, -0.05) is 6.07 Å². The van der Waals surface area contributed by atoms with Gasteiger partial charge in [-0.15, -0.1) is 11.3 Å². The van der Waals surface area contributed by atoms with Crippen molar-refractivity contribution in [1.82, 2.24) is 4.98 Å². The van der Waals surface area contributed by atoms with Crippen molar-refractivity contribution in [2.24, 2.45) is 0 Å². The molecule has 2 heterocycles. The zero-order valence-electron chi connectivity index (χ0n) is 7.18. The number of carboxylic acid groups (broad SMARTS) is 1. The number of hydrogen-bond acceptors (Lipinski definition) is 3. The second kappa shape index (κ2) is 3.59. The van der Waals surface area contributed by atoms with E-state index in [4.69, 9.17) is 5.11 Å². The smallest absolute Gasteiger partial charge is 0.345 e. The average molecular weight is 205 g/mol. The van der Waals surface area contributed by atoms with Gasteiger partial charge in [0.25, 0.3) is 0 Å². The van der Waals surface area contributed by atoms with Gasteiger partial charge < -0.3 is 5.11 Å². The number of carboxylic acids is 1. The molecule has 0 saturated heterocycles. The van der Waals surface area contributed by atoms with Gasteiger partial charge in [0, 0.05) is 18.0 Å². The molecule has 0 aliphatic rings. The van der Waals surface area contributed by atoms with Gasteiger partial charge in [-0.25, -0.2) is 4.79 Å². The maximum atomic E-state index is 10.6. The van der Waals surface area contributed by atoms with Crippen LogP contribution in [0.15, 0.2) is 36.0 Å². The van der Waals surface area contributed by atoms with Gasteiger partial charge in [-0.3, -0.25) is 4.98 Å². The average Bonchev–Trinajstić information content (AvgIpc) is 2.68. The largest absolute Gasteiger partial charge is 0.477 e. The van der Waals surface area contributed by atoms with E-state index in [1.807, 2.05) is 17.5 Å². The highest BCUT2D eigenvalue weighted by atomic mass is 32.1. The van der Waals surface area contributed by atoms with Gasteiger partial charge in [0.2, 0.25) is 0 Å².